The van der Waals surface area contributed by atoms with E-state index >= 15 is 0 Å². The zero-order chi connectivity index (χ0) is 14.0. The first-order chi connectivity index (χ1) is 8.93. The summed E-state index contributed by atoms with van der Waals surface area (Å²) in [5.74, 6) is -1.65. The van der Waals surface area contributed by atoms with Gasteiger partial charge in [0, 0.05) is 24.4 Å². The van der Waals surface area contributed by atoms with Gasteiger partial charge in [-0.05, 0) is 31.7 Å². The molecule has 4 heteroatoms. The van der Waals surface area contributed by atoms with Gasteiger partial charge < -0.3 is 10.5 Å². The first-order valence-corrected chi connectivity index (χ1v) is 6.71. The number of rotatable bonds is 3. The average Bonchev–Trinajstić information content (AvgIpc) is 2.38. The third-order valence-electron chi connectivity index (χ3n) is 4.01. The van der Waals surface area contributed by atoms with E-state index in [9.17, 15) is 8.78 Å². The van der Waals surface area contributed by atoms with Crippen molar-refractivity contribution in [2.24, 2.45) is 11.7 Å². The second kappa shape index (κ2) is 5.45. The molecule has 2 nitrogen and oxygen atoms in total. The van der Waals surface area contributed by atoms with Crippen LogP contribution in [0.15, 0.2) is 18.2 Å². The van der Waals surface area contributed by atoms with Gasteiger partial charge in [-0.3, -0.25) is 0 Å². The van der Waals surface area contributed by atoms with Crippen LogP contribution in [-0.4, -0.2) is 13.0 Å². The molecular weight excluding hydrogens is 248 g/mol. The molecule has 1 aliphatic rings. The SMILES string of the molecule is COc1ccc(C)cc1C(N)C1CCC(F)(F)CC1. The van der Waals surface area contributed by atoms with Gasteiger partial charge in [0.05, 0.1) is 7.11 Å². The molecule has 1 aromatic carbocycles. The largest absolute Gasteiger partial charge is 0.496 e. The van der Waals surface area contributed by atoms with Gasteiger partial charge in [0.2, 0.25) is 5.92 Å². The minimum atomic E-state index is -2.51. The standard InChI is InChI=1S/C15H21F2NO/c1-10-3-4-13(19-2)12(9-10)14(18)11-5-7-15(16,17)8-6-11/h3-4,9,11,14H,5-8,18H2,1-2H3. The Morgan fingerprint density at radius 3 is 2.53 bits per heavy atom. The smallest absolute Gasteiger partial charge is 0.248 e. The van der Waals surface area contributed by atoms with Gasteiger partial charge in [0.25, 0.3) is 0 Å². The molecule has 19 heavy (non-hydrogen) atoms. The maximum absolute atomic E-state index is 13.2. The molecule has 2 N–H and O–H groups in total. The van der Waals surface area contributed by atoms with Crippen molar-refractivity contribution in [3.05, 3.63) is 29.3 Å². The Bertz CT molecular complexity index is 438. The number of ether oxygens (including phenoxy) is 1. The Balaban J connectivity index is 2.16. The summed E-state index contributed by atoms with van der Waals surface area (Å²) in [6.45, 7) is 1.99. The van der Waals surface area contributed by atoms with Gasteiger partial charge in [-0.15, -0.1) is 0 Å². The van der Waals surface area contributed by atoms with Gasteiger partial charge in [0.15, 0.2) is 0 Å². The zero-order valence-electron chi connectivity index (χ0n) is 11.5. The van der Waals surface area contributed by atoms with Crippen LogP contribution in [0.2, 0.25) is 0 Å². The van der Waals surface area contributed by atoms with Crippen molar-refractivity contribution in [1.29, 1.82) is 0 Å². The van der Waals surface area contributed by atoms with E-state index in [0.717, 1.165) is 16.9 Å². The monoisotopic (exact) mass is 269 g/mol. The highest BCUT2D eigenvalue weighted by Gasteiger charge is 2.37. The second-order valence-electron chi connectivity index (χ2n) is 5.46. The highest BCUT2D eigenvalue weighted by atomic mass is 19.3. The molecule has 0 amide bonds. The first-order valence-electron chi connectivity index (χ1n) is 6.71. The molecule has 0 radical (unpaired) electrons. The van der Waals surface area contributed by atoms with E-state index in [1.54, 1.807) is 7.11 Å². The van der Waals surface area contributed by atoms with Crippen LogP contribution in [-0.2, 0) is 0 Å². The molecule has 1 aromatic rings. The molecule has 0 aliphatic heterocycles. The van der Waals surface area contributed by atoms with E-state index in [4.69, 9.17) is 10.5 Å². The van der Waals surface area contributed by atoms with E-state index in [1.807, 2.05) is 25.1 Å². The Morgan fingerprint density at radius 2 is 1.95 bits per heavy atom. The predicted molar refractivity (Wildman–Crippen MR) is 71.6 cm³/mol. The van der Waals surface area contributed by atoms with Crippen LogP contribution in [0.4, 0.5) is 8.78 Å². The van der Waals surface area contributed by atoms with Gasteiger partial charge in [-0.2, -0.15) is 0 Å². The first kappa shape index (κ1) is 14.3. The van der Waals surface area contributed by atoms with E-state index in [-0.39, 0.29) is 24.8 Å². The predicted octanol–water partition coefficient (Wildman–Crippen LogP) is 3.83. The fourth-order valence-corrected chi connectivity index (χ4v) is 2.79. The molecule has 0 bridgehead atoms. The van der Waals surface area contributed by atoms with Crippen molar-refractivity contribution in [3.63, 3.8) is 0 Å². The fourth-order valence-electron chi connectivity index (χ4n) is 2.79. The maximum atomic E-state index is 13.2. The third kappa shape index (κ3) is 3.24. The Hall–Kier alpha value is -1.16. The van der Waals surface area contributed by atoms with Crippen molar-refractivity contribution < 1.29 is 13.5 Å². The lowest BCUT2D eigenvalue weighted by atomic mass is 9.79. The van der Waals surface area contributed by atoms with Crippen LogP contribution in [0, 0.1) is 12.8 Å². The van der Waals surface area contributed by atoms with Crippen LogP contribution < -0.4 is 10.5 Å². The molecule has 1 saturated carbocycles. The van der Waals surface area contributed by atoms with Crippen molar-refractivity contribution in [2.45, 2.75) is 44.6 Å². The lowest BCUT2D eigenvalue weighted by Gasteiger charge is -2.32. The molecule has 1 aliphatic carbocycles. The number of benzene rings is 1. The number of nitrogens with two attached hydrogens (primary N) is 1. The molecule has 2 rings (SSSR count). The number of hydrogen-bond donors (Lipinski definition) is 1. The lowest BCUT2D eigenvalue weighted by molar-refractivity contribution is -0.0484. The number of halogens is 2. The molecule has 1 atom stereocenters. The lowest BCUT2D eigenvalue weighted by Crippen LogP contribution is -2.31. The van der Waals surface area contributed by atoms with Gasteiger partial charge in [-0.1, -0.05) is 17.7 Å². The van der Waals surface area contributed by atoms with E-state index in [2.05, 4.69) is 0 Å². The molecule has 0 aromatic heterocycles. The van der Waals surface area contributed by atoms with E-state index in [0.29, 0.717) is 12.8 Å². The van der Waals surface area contributed by atoms with E-state index in [1.165, 1.54) is 0 Å². The Labute approximate surface area is 112 Å². The van der Waals surface area contributed by atoms with Crippen LogP contribution in [0.1, 0.15) is 42.9 Å². The molecule has 0 saturated heterocycles. The quantitative estimate of drug-likeness (QED) is 0.905. The highest BCUT2D eigenvalue weighted by molar-refractivity contribution is 5.39. The zero-order valence-corrected chi connectivity index (χ0v) is 11.5. The minimum absolute atomic E-state index is 0.0561. The number of methoxy groups -OCH3 is 1. The minimum Gasteiger partial charge on any atom is -0.496 e. The Kier molecular flexibility index (Phi) is 4.09. The highest BCUT2D eigenvalue weighted by Crippen LogP contribution is 2.42. The average molecular weight is 269 g/mol. The molecule has 0 spiro atoms. The molecular formula is C15H21F2NO. The van der Waals surface area contributed by atoms with Gasteiger partial charge >= 0.3 is 0 Å². The van der Waals surface area contributed by atoms with Gasteiger partial charge in [-0.25, -0.2) is 8.78 Å². The van der Waals surface area contributed by atoms with Crippen LogP contribution in [0.3, 0.4) is 0 Å². The summed E-state index contributed by atoms with van der Waals surface area (Å²) in [5, 5.41) is 0. The molecule has 106 valence electrons. The Morgan fingerprint density at radius 1 is 1.32 bits per heavy atom. The van der Waals surface area contributed by atoms with Crippen molar-refractivity contribution in [1.82, 2.24) is 0 Å². The molecule has 0 heterocycles. The normalized spacial score (nSPS) is 21.1. The summed E-state index contributed by atoms with van der Waals surface area (Å²) in [6.07, 6.45) is 0.843. The van der Waals surface area contributed by atoms with Crippen molar-refractivity contribution in [3.8, 4) is 5.75 Å². The van der Waals surface area contributed by atoms with Gasteiger partial charge in [0.1, 0.15) is 5.75 Å². The van der Waals surface area contributed by atoms with E-state index < -0.39 is 5.92 Å². The fraction of sp³-hybridized carbons (Fsp3) is 0.600. The summed E-state index contributed by atoms with van der Waals surface area (Å²) in [4.78, 5) is 0. The van der Waals surface area contributed by atoms with Crippen molar-refractivity contribution in [2.75, 3.05) is 7.11 Å². The van der Waals surface area contributed by atoms with Crippen molar-refractivity contribution >= 4 is 0 Å². The summed E-state index contributed by atoms with van der Waals surface area (Å²) in [5.41, 5.74) is 8.31. The second-order valence-corrected chi connectivity index (χ2v) is 5.46. The maximum Gasteiger partial charge on any atom is 0.248 e. The summed E-state index contributed by atoms with van der Waals surface area (Å²) in [7, 11) is 1.61. The number of hydrogen-bond acceptors (Lipinski definition) is 2. The summed E-state index contributed by atoms with van der Waals surface area (Å²) < 4.78 is 31.7. The summed E-state index contributed by atoms with van der Waals surface area (Å²) in [6, 6.07) is 5.62. The van der Waals surface area contributed by atoms with Crippen LogP contribution in [0.25, 0.3) is 0 Å². The summed E-state index contributed by atoms with van der Waals surface area (Å²) >= 11 is 0. The molecule has 1 unspecified atom stereocenters. The van der Waals surface area contributed by atoms with Crippen LogP contribution in [0.5, 0.6) is 5.75 Å². The topological polar surface area (TPSA) is 35.2 Å². The molecule has 1 fully saturated rings. The number of alkyl halides is 2. The van der Waals surface area contributed by atoms with Crippen LogP contribution >= 0.6 is 0 Å². The number of aryl methyl sites for hydroxylation is 1. The third-order valence-corrected chi connectivity index (χ3v) is 4.01.